The second-order valence-electron chi connectivity index (χ2n) is 9.66. The quantitative estimate of drug-likeness (QED) is 0.540. The number of hydrogen-bond donors (Lipinski definition) is 0. The smallest absolute Gasteiger partial charge is 0.247 e. The van der Waals surface area contributed by atoms with E-state index >= 15 is 0 Å². The van der Waals surface area contributed by atoms with Gasteiger partial charge in [0.2, 0.25) is 11.8 Å². The summed E-state index contributed by atoms with van der Waals surface area (Å²) < 4.78 is 0. The summed E-state index contributed by atoms with van der Waals surface area (Å²) in [6.45, 7) is 15.5. The Hall–Kier alpha value is -1.29. The van der Waals surface area contributed by atoms with Gasteiger partial charge in [0.15, 0.2) is 0 Å². The highest BCUT2D eigenvalue weighted by atomic mass is 32.2. The van der Waals surface area contributed by atoms with E-state index in [9.17, 15) is 9.59 Å². The van der Waals surface area contributed by atoms with Gasteiger partial charge >= 0.3 is 0 Å². The molecule has 0 bridgehead atoms. The molecule has 0 saturated carbocycles. The third-order valence-electron chi connectivity index (χ3n) is 5.08. The van der Waals surface area contributed by atoms with Gasteiger partial charge in [-0.2, -0.15) is 0 Å². The summed E-state index contributed by atoms with van der Waals surface area (Å²) in [6, 6.07) is 8.00. The van der Waals surface area contributed by atoms with Gasteiger partial charge in [0.05, 0.1) is 10.9 Å². The van der Waals surface area contributed by atoms with Crippen LogP contribution >= 0.6 is 11.8 Å². The lowest BCUT2D eigenvalue weighted by Crippen LogP contribution is -2.31. The lowest BCUT2D eigenvalue weighted by atomic mass is 9.72. The molecule has 1 aliphatic rings. The summed E-state index contributed by atoms with van der Waals surface area (Å²) >= 11 is 1.64. The first-order valence-electron chi connectivity index (χ1n) is 10.1. The van der Waals surface area contributed by atoms with Crippen LogP contribution in [-0.2, 0) is 15.0 Å². The third-order valence-corrected chi connectivity index (χ3v) is 6.47. The number of thioether (sulfide) groups is 1. The fourth-order valence-electron chi connectivity index (χ4n) is 4.23. The maximum absolute atomic E-state index is 12.8. The molecule has 3 nitrogen and oxygen atoms in total. The van der Waals surface area contributed by atoms with Gasteiger partial charge in [0, 0.05) is 11.7 Å². The number of imide groups is 1. The van der Waals surface area contributed by atoms with Gasteiger partial charge in [-0.05, 0) is 41.4 Å². The third kappa shape index (κ3) is 5.60. The Balaban J connectivity index is 2.14. The zero-order chi connectivity index (χ0) is 20.4. The highest BCUT2D eigenvalue weighted by Crippen LogP contribution is 2.38. The Kier molecular flexibility index (Phi) is 6.83. The van der Waals surface area contributed by atoms with Gasteiger partial charge in [-0.3, -0.25) is 9.59 Å². The van der Waals surface area contributed by atoms with Crippen LogP contribution in [0.3, 0.4) is 0 Å². The van der Waals surface area contributed by atoms with Crippen LogP contribution in [0.1, 0.15) is 79.7 Å². The first-order valence-corrected chi connectivity index (χ1v) is 11.0. The molecule has 1 heterocycles. The van der Waals surface area contributed by atoms with E-state index in [-0.39, 0.29) is 27.9 Å². The second-order valence-corrected chi connectivity index (χ2v) is 11.3. The maximum Gasteiger partial charge on any atom is 0.247 e. The van der Waals surface area contributed by atoms with Crippen molar-refractivity contribution in [1.29, 1.82) is 0 Å². The number of benzene rings is 1. The molecule has 2 unspecified atom stereocenters. The van der Waals surface area contributed by atoms with Crippen LogP contribution < -0.4 is 4.90 Å². The minimum atomic E-state index is -0.240. The molecule has 1 saturated heterocycles. The summed E-state index contributed by atoms with van der Waals surface area (Å²) in [4.78, 5) is 26.7. The number of nitrogens with zero attached hydrogens (tertiary/aromatic N) is 1. The summed E-state index contributed by atoms with van der Waals surface area (Å²) in [6.07, 6.45) is 3.54. The molecule has 1 aliphatic heterocycles. The standard InChI is InChI=1S/C23H35NO2S/c1-8-9-16(2)27-19-14-20(25)24(21(19)26)18-12-10-17(11-13-18)23(6,7)15-22(3,4)5/h10-13,16,19H,8-9,14-15H2,1-7H3. The Morgan fingerprint density at radius 3 is 2.22 bits per heavy atom. The molecule has 1 aromatic rings. The molecule has 0 radical (unpaired) electrons. The largest absolute Gasteiger partial charge is 0.274 e. The SMILES string of the molecule is CCCC(C)SC1CC(=O)N(c2ccc(C(C)(C)CC(C)(C)C)cc2)C1=O. The Morgan fingerprint density at radius 2 is 1.70 bits per heavy atom. The summed E-state index contributed by atoms with van der Waals surface area (Å²) in [5, 5.41) is 0.160. The highest BCUT2D eigenvalue weighted by molar-refractivity contribution is 8.01. The molecule has 1 aromatic carbocycles. The van der Waals surface area contributed by atoms with E-state index in [4.69, 9.17) is 0 Å². The molecule has 0 aromatic heterocycles. The van der Waals surface area contributed by atoms with Crippen molar-refractivity contribution in [3.8, 4) is 0 Å². The number of carbonyl (C=O) groups excluding carboxylic acids is 2. The number of carbonyl (C=O) groups is 2. The molecule has 150 valence electrons. The predicted molar refractivity (Wildman–Crippen MR) is 116 cm³/mol. The second kappa shape index (κ2) is 8.38. The molecule has 27 heavy (non-hydrogen) atoms. The molecule has 2 rings (SSSR count). The van der Waals surface area contributed by atoms with Gasteiger partial charge in [-0.15, -0.1) is 11.8 Å². The normalized spacial score (nSPS) is 19.7. The highest BCUT2D eigenvalue weighted by Gasteiger charge is 2.40. The average molecular weight is 390 g/mol. The van der Waals surface area contributed by atoms with E-state index in [1.807, 2.05) is 12.1 Å². The van der Waals surface area contributed by atoms with Crippen molar-refractivity contribution >= 4 is 29.3 Å². The zero-order valence-corrected chi connectivity index (χ0v) is 18.8. The molecular weight excluding hydrogens is 354 g/mol. The van der Waals surface area contributed by atoms with Gasteiger partial charge in [0.1, 0.15) is 0 Å². The topological polar surface area (TPSA) is 37.4 Å². The van der Waals surface area contributed by atoms with Crippen LogP contribution in [-0.4, -0.2) is 22.3 Å². The van der Waals surface area contributed by atoms with Crippen molar-refractivity contribution in [1.82, 2.24) is 0 Å². The first kappa shape index (κ1) is 22.0. The minimum Gasteiger partial charge on any atom is -0.274 e. The minimum absolute atomic E-state index is 0.0454. The molecule has 1 fully saturated rings. The van der Waals surface area contributed by atoms with Crippen molar-refractivity contribution in [2.75, 3.05) is 4.90 Å². The number of hydrogen-bond acceptors (Lipinski definition) is 3. The van der Waals surface area contributed by atoms with Crippen molar-refractivity contribution in [3.63, 3.8) is 0 Å². The lowest BCUT2D eigenvalue weighted by Gasteiger charge is -2.33. The van der Waals surface area contributed by atoms with Crippen LogP contribution in [0.25, 0.3) is 0 Å². The van der Waals surface area contributed by atoms with Crippen LogP contribution in [0.5, 0.6) is 0 Å². The lowest BCUT2D eigenvalue weighted by molar-refractivity contribution is -0.121. The first-order chi connectivity index (χ1) is 12.4. The fraction of sp³-hybridized carbons (Fsp3) is 0.652. The summed E-state index contributed by atoms with van der Waals surface area (Å²) in [7, 11) is 0. The van der Waals surface area contributed by atoms with E-state index in [0.29, 0.717) is 17.4 Å². The molecule has 4 heteroatoms. The van der Waals surface area contributed by atoms with Crippen LogP contribution in [0.15, 0.2) is 24.3 Å². The van der Waals surface area contributed by atoms with Crippen molar-refractivity contribution < 1.29 is 9.59 Å². The monoisotopic (exact) mass is 389 g/mol. The summed E-state index contributed by atoms with van der Waals surface area (Å²) in [5.74, 6) is -0.141. The Bertz CT molecular complexity index is 673. The van der Waals surface area contributed by atoms with Crippen LogP contribution in [0, 0.1) is 5.41 Å². The van der Waals surface area contributed by atoms with E-state index in [1.165, 1.54) is 10.5 Å². The van der Waals surface area contributed by atoms with Gasteiger partial charge < -0.3 is 0 Å². The van der Waals surface area contributed by atoms with E-state index in [0.717, 1.165) is 19.3 Å². The number of amides is 2. The van der Waals surface area contributed by atoms with Gasteiger partial charge in [-0.25, -0.2) is 4.90 Å². The van der Waals surface area contributed by atoms with E-state index in [1.54, 1.807) is 11.8 Å². The summed E-state index contributed by atoms with van der Waals surface area (Å²) in [5.41, 5.74) is 2.22. The Labute approximate surface area is 169 Å². The number of anilines is 1. The average Bonchev–Trinajstić information content (AvgIpc) is 2.79. The van der Waals surface area contributed by atoms with Crippen LogP contribution in [0.2, 0.25) is 0 Å². The zero-order valence-electron chi connectivity index (χ0n) is 18.0. The Morgan fingerprint density at radius 1 is 1.11 bits per heavy atom. The molecule has 2 atom stereocenters. The van der Waals surface area contributed by atoms with Crippen molar-refractivity contribution in [3.05, 3.63) is 29.8 Å². The number of rotatable bonds is 7. The maximum atomic E-state index is 12.8. The van der Waals surface area contributed by atoms with Crippen molar-refractivity contribution in [2.24, 2.45) is 5.41 Å². The van der Waals surface area contributed by atoms with Crippen LogP contribution in [0.4, 0.5) is 5.69 Å². The predicted octanol–water partition coefficient (Wildman–Crippen LogP) is 5.95. The molecule has 0 N–H and O–H groups in total. The molecular formula is C23H35NO2S. The fourth-order valence-corrected chi connectivity index (χ4v) is 5.62. The van der Waals surface area contributed by atoms with Crippen molar-refractivity contribution in [2.45, 2.75) is 90.1 Å². The van der Waals surface area contributed by atoms with E-state index < -0.39 is 0 Å². The molecule has 0 spiro atoms. The molecule has 2 amide bonds. The van der Waals surface area contributed by atoms with Gasteiger partial charge in [-0.1, -0.05) is 67.0 Å². The van der Waals surface area contributed by atoms with E-state index in [2.05, 4.69) is 60.6 Å². The molecule has 0 aliphatic carbocycles. The van der Waals surface area contributed by atoms with Gasteiger partial charge in [0.25, 0.3) is 0 Å².